The number of piperidine rings is 1. The number of ether oxygens (including phenoxy) is 1. The molecule has 0 aromatic carbocycles. The molecule has 1 aliphatic rings. The van der Waals surface area contributed by atoms with Crippen LogP contribution in [0.15, 0.2) is 12.1 Å². The van der Waals surface area contributed by atoms with Gasteiger partial charge in [0.1, 0.15) is 0 Å². The third-order valence-corrected chi connectivity index (χ3v) is 3.19. The predicted octanol–water partition coefficient (Wildman–Crippen LogP) is 2.23. The van der Waals surface area contributed by atoms with E-state index in [2.05, 4.69) is 11.9 Å². The first kappa shape index (κ1) is 12.6. The van der Waals surface area contributed by atoms with Gasteiger partial charge in [-0.25, -0.2) is 0 Å². The van der Waals surface area contributed by atoms with Crippen LogP contribution < -0.4 is 9.64 Å². The van der Waals surface area contributed by atoms with Crippen molar-refractivity contribution >= 4 is 11.5 Å². The van der Waals surface area contributed by atoms with E-state index in [-0.39, 0.29) is 10.6 Å². The van der Waals surface area contributed by atoms with Crippen molar-refractivity contribution in [2.24, 2.45) is 5.92 Å². The van der Waals surface area contributed by atoms with Crippen molar-refractivity contribution in [2.45, 2.75) is 19.8 Å². The summed E-state index contributed by atoms with van der Waals surface area (Å²) in [6, 6.07) is 2.98. The number of nitrogens with zero attached hydrogens (tertiary/aromatic N) is 3. The molecule has 0 saturated carbocycles. The van der Waals surface area contributed by atoms with Crippen LogP contribution >= 0.6 is 0 Å². The minimum absolute atomic E-state index is 0.0462. The molecule has 6 heteroatoms. The lowest BCUT2D eigenvalue weighted by atomic mass is 10.0. The molecule has 1 unspecified atom stereocenters. The van der Waals surface area contributed by atoms with Crippen LogP contribution in [0.2, 0.25) is 0 Å². The van der Waals surface area contributed by atoms with E-state index in [0.29, 0.717) is 17.6 Å². The van der Waals surface area contributed by atoms with Crippen molar-refractivity contribution in [2.75, 3.05) is 25.1 Å². The van der Waals surface area contributed by atoms with Crippen molar-refractivity contribution < 1.29 is 9.66 Å². The minimum atomic E-state index is -0.388. The van der Waals surface area contributed by atoms with Crippen LogP contribution in [0.3, 0.4) is 0 Å². The SMILES string of the molecule is COc1ccc([N+](=O)[O-])c(N2CCCC(C)C2)n1. The molecule has 1 aliphatic heterocycles. The molecule has 1 atom stereocenters. The van der Waals surface area contributed by atoms with E-state index in [1.807, 2.05) is 4.90 Å². The average Bonchev–Trinajstić information content (AvgIpc) is 2.38. The Kier molecular flexibility index (Phi) is 3.64. The number of hydrogen-bond acceptors (Lipinski definition) is 5. The highest BCUT2D eigenvalue weighted by molar-refractivity contribution is 5.59. The van der Waals surface area contributed by atoms with Crippen LogP contribution in [0, 0.1) is 16.0 Å². The summed E-state index contributed by atoms with van der Waals surface area (Å²) < 4.78 is 5.05. The van der Waals surface area contributed by atoms with E-state index in [4.69, 9.17) is 4.74 Å². The first-order chi connectivity index (χ1) is 8.61. The van der Waals surface area contributed by atoms with Crippen molar-refractivity contribution in [3.8, 4) is 5.88 Å². The summed E-state index contributed by atoms with van der Waals surface area (Å²) in [5, 5.41) is 11.0. The maximum atomic E-state index is 11.0. The Bertz CT molecular complexity index is 450. The second-order valence-electron chi connectivity index (χ2n) is 4.65. The summed E-state index contributed by atoms with van der Waals surface area (Å²) >= 11 is 0. The maximum absolute atomic E-state index is 11.0. The fourth-order valence-corrected chi connectivity index (χ4v) is 2.29. The van der Waals surface area contributed by atoms with E-state index in [9.17, 15) is 10.1 Å². The zero-order chi connectivity index (χ0) is 13.1. The van der Waals surface area contributed by atoms with Gasteiger partial charge in [0.2, 0.25) is 11.7 Å². The van der Waals surface area contributed by atoms with Crippen molar-refractivity contribution in [1.29, 1.82) is 0 Å². The zero-order valence-electron chi connectivity index (χ0n) is 10.6. The molecule has 1 aromatic heterocycles. The first-order valence-corrected chi connectivity index (χ1v) is 6.06. The van der Waals surface area contributed by atoms with Gasteiger partial charge >= 0.3 is 5.69 Å². The van der Waals surface area contributed by atoms with Crippen LogP contribution in [0.4, 0.5) is 11.5 Å². The van der Waals surface area contributed by atoms with Gasteiger partial charge < -0.3 is 9.64 Å². The quantitative estimate of drug-likeness (QED) is 0.608. The molecule has 0 amide bonds. The van der Waals surface area contributed by atoms with E-state index in [1.54, 1.807) is 0 Å². The van der Waals surface area contributed by atoms with Gasteiger partial charge in [-0.3, -0.25) is 10.1 Å². The lowest BCUT2D eigenvalue weighted by Crippen LogP contribution is -2.35. The number of aromatic nitrogens is 1. The third-order valence-electron chi connectivity index (χ3n) is 3.19. The maximum Gasteiger partial charge on any atom is 0.311 e. The largest absolute Gasteiger partial charge is 0.481 e. The van der Waals surface area contributed by atoms with Gasteiger partial charge in [0, 0.05) is 25.2 Å². The molecule has 0 radical (unpaired) electrons. The topological polar surface area (TPSA) is 68.5 Å². The van der Waals surface area contributed by atoms with Gasteiger partial charge in [0.05, 0.1) is 12.0 Å². The lowest BCUT2D eigenvalue weighted by molar-refractivity contribution is -0.384. The molecule has 0 spiro atoms. The van der Waals surface area contributed by atoms with Crippen molar-refractivity contribution in [3.63, 3.8) is 0 Å². The molecule has 0 bridgehead atoms. The number of nitro groups is 1. The number of methoxy groups -OCH3 is 1. The first-order valence-electron chi connectivity index (χ1n) is 6.06. The number of hydrogen-bond donors (Lipinski definition) is 0. The highest BCUT2D eigenvalue weighted by atomic mass is 16.6. The van der Waals surface area contributed by atoms with Crippen LogP contribution in [0.25, 0.3) is 0 Å². The smallest absolute Gasteiger partial charge is 0.311 e. The molecule has 18 heavy (non-hydrogen) atoms. The molecule has 1 aromatic rings. The summed E-state index contributed by atoms with van der Waals surface area (Å²) in [4.78, 5) is 16.9. The Balaban J connectivity index is 2.36. The number of anilines is 1. The Labute approximate surface area is 106 Å². The second-order valence-corrected chi connectivity index (χ2v) is 4.65. The van der Waals surface area contributed by atoms with Crippen molar-refractivity contribution in [3.05, 3.63) is 22.2 Å². The molecular weight excluding hydrogens is 234 g/mol. The number of pyridine rings is 1. The summed E-state index contributed by atoms with van der Waals surface area (Å²) in [5.74, 6) is 1.37. The fourth-order valence-electron chi connectivity index (χ4n) is 2.29. The van der Waals surface area contributed by atoms with E-state index in [1.165, 1.54) is 19.2 Å². The summed E-state index contributed by atoms with van der Waals surface area (Å²) in [6.45, 7) is 3.77. The van der Waals surface area contributed by atoms with Crippen molar-refractivity contribution in [1.82, 2.24) is 4.98 Å². The predicted molar refractivity (Wildman–Crippen MR) is 68.1 cm³/mol. The third kappa shape index (κ3) is 2.52. The molecule has 98 valence electrons. The molecule has 0 aliphatic carbocycles. The van der Waals surface area contributed by atoms with E-state index in [0.717, 1.165) is 25.9 Å². The molecule has 1 saturated heterocycles. The Morgan fingerprint density at radius 1 is 1.56 bits per heavy atom. The standard InChI is InChI=1S/C12H17N3O3/c1-9-4-3-7-14(8-9)12-10(15(16)17)5-6-11(13-12)18-2/h5-6,9H,3-4,7-8H2,1-2H3. The van der Waals surface area contributed by atoms with Gasteiger partial charge in [-0.2, -0.15) is 4.98 Å². The highest BCUT2D eigenvalue weighted by Gasteiger charge is 2.25. The Morgan fingerprint density at radius 3 is 2.94 bits per heavy atom. The highest BCUT2D eigenvalue weighted by Crippen LogP contribution is 2.31. The monoisotopic (exact) mass is 251 g/mol. The average molecular weight is 251 g/mol. The Morgan fingerprint density at radius 2 is 2.33 bits per heavy atom. The van der Waals surface area contributed by atoms with E-state index >= 15 is 0 Å². The van der Waals surface area contributed by atoms with Gasteiger partial charge in [-0.1, -0.05) is 6.92 Å². The molecule has 0 N–H and O–H groups in total. The Hall–Kier alpha value is -1.85. The molecule has 2 heterocycles. The molecule has 1 fully saturated rings. The summed E-state index contributed by atoms with van der Waals surface area (Å²) in [7, 11) is 1.51. The van der Waals surface area contributed by atoms with Crippen LogP contribution in [-0.4, -0.2) is 30.1 Å². The number of rotatable bonds is 3. The van der Waals surface area contributed by atoms with Crippen LogP contribution in [0.1, 0.15) is 19.8 Å². The van der Waals surface area contributed by atoms with Gasteiger partial charge in [0.25, 0.3) is 0 Å². The molecule has 2 rings (SSSR count). The second kappa shape index (κ2) is 5.20. The minimum Gasteiger partial charge on any atom is -0.481 e. The molecule has 6 nitrogen and oxygen atoms in total. The lowest BCUT2D eigenvalue weighted by Gasteiger charge is -2.31. The van der Waals surface area contributed by atoms with Gasteiger partial charge in [-0.15, -0.1) is 0 Å². The van der Waals surface area contributed by atoms with E-state index < -0.39 is 0 Å². The van der Waals surface area contributed by atoms with Crippen LogP contribution in [0.5, 0.6) is 5.88 Å². The normalized spacial score (nSPS) is 19.7. The zero-order valence-corrected chi connectivity index (χ0v) is 10.6. The fraction of sp³-hybridized carbons (Fsp3) is 0.583. The van der Waals surface area contributed by atoms with Crippen LogP contribution in [-0.2, 0) is 0 Å². The summed E-state index contributed by atoms with van der Waals surface area (Å²) in [5.41, 5.74) is 0.0462. The van der Waals surface area contributed by atoms with Gasteiger partial charge in [-0.05, 0) is 18.8 Å². The van der Waals surface area contributed by atoms with Gasteiger partial charge in [0.15, 0.2) is 0 Å². The molecular formula is C12H17N3O3. The summed E-state index contributed by atoms with van der Waals surface area (Å²) in [6.07, 6.45) is 2.20.